The Hall–Kier alpha value is -3.52. The molecule has 8 nitrogen and oxygen atoms in total. The average Bonchev–Trinajstić information content (AvgIpc) is 3.33. The largest absolute Gasteiger partial charge is 0.493 e. The molecule has 2 aliphatic rings. The summed E-state index contributed by atoms with van der Waals surface area (Å²) < 4.78 is 23.4. The lowest BCUT2D eigenvalue weighted by Crippen LogP contribution is -2.23. The van der Waals surface area contributed by atoms with Crippen LogP contribution in [0, 0.1) is 0 Å². The maximum absolute atomic E-state index is 13.6. The number of carbonyl (C=O) groups is 1. The Kier molecular flexibility index (Phi) is 4.40. The minimum Gasteiger partial charge on any atom is -0.493 e. The SMILES string of the molecule is COc1cc2c(=O)c(CCN(C)C)c3n(c2cc1OC)C(=O)c1cc2c(cc1-3)OCO2. The smallest absolute Gasteiger partial charge is 0.263 e. The Morgan fingerprint density at radius 3 is 2.26 bits per heavy atom. The molecule has 5 rings (SSSR count). The van der Waals surface area contributed by atoms with Gasteiger partial charge in [0.15, 0.2) is 28.4 Å². The summed E-state index contributed by atoms with van der Waals surface area (Å²) in [4.78, 5) is 29.2. The molecule has 31 heavy (non-hydrogen) atoms. The van der Waals surface area contributed by atoms with E-state index in [1.807, 2.05) is 19.0 Å². The van der Waals surface area contributed by atoms with E-state index < -0.39 is 0 Å². The van der Waals surface area contributed by atoms with E-state index in [1.54, 1.807) is 28.8 Å². The van der Waals surface area contributed by atoms with Gasteiger partial charge in [-0.3, -0.25) is 14.2 Å². The monoisotopic (exact) mass is 422 g/mol. The van der Waals surface area contributed by atoms with E-state index in [0.717, 1.165) is 0 Å². The topological polar surface area (TPSA) is 79.2 Å². The van der Waals surface area contributed by atoms with Crippen LogP contribution in [-0.4, -0.2) is 57.0 Å². The summed E-state index contributed by atoms with van der Waals surface area (Å²) in [6.07, 6.45) is 0.493. The van der Waals surface area contributed by atoms with E-state index in [9.17, 15) is 9.59 Å². The maximum Gasteiger partial charge on any atom is 0.263 e. The number of benzene rings is 2. The number of nitrogens with zero attached hydrogens (tertiary/aromatic N) is 2. The van der Waals surface area contributed by atoms with Crippen LogP contribution in [0.2, 0.25) is 0 Å². The first kappa shape index (κ1) is 19.4. The summed E-state index contributed by atoms with van der Waals surface area (Å²) in [7, 11) is 6.94. The molecule has 160 valence electrons. The van der Waals surface area contributed by atoms with Crippen LogP contribution in [0.3, 0.4) is 0 Å². The Morgan fingerprint density at radius 2 is 1.61 bits per heavy atom. The number of fused-ring (bicyclic) bond motifs is 6. The van der Waals surface area contributed by atoms with Crippen molar-refractivity contribution in [3.05, 3.63) is 45.6 Å². The van der Waals surface area contributed by atoms with Gasteiger partial charge in [-0.1, -0.05) is 0 Å². The van der Waals surface area contributed by atoms with Gasteiger partial charge in [-0.05, 0) is 38.7 Å². The van der Waals surface area contributed by atoms with Crippen molar-refractivity contribution < 1.29 is 23.7 Å². The highest BCUT2D eigenvalue weighted by molar-refractivity contribution is 6.14. The highest BCUT2D eigenvalue weighted by Crippen LogP contribution is 2.44. The molecule has 0 bridgehead atoms. The number of carbonyl (C=O) groups excluding carboxylic acids is 1. The van der Waals surface area contributed by atoms with Crippen LogP contribution in [0.5, 0.6) is 23.0 Å². The van der Waals surface area contributed by atoms with Crippen molar-refractivity contribution >= 4 is 16.8 Å². The van der Waals surface area contributed by atoms with Crippen LogP contribution < -0.4 is 24.4 Å². The van der Waals surface area contributed by atoms with Crippen LogP contribution in [0.4, 0.5) is 0 Å². The first-order valence-corrected chi connectivity index (χ1v) is 9.91. The zero-order chi connectivity index (χ0) is 21.9. The Balaban J connectivity index is 1.88. The van der Waals surface area contributed by atoms with Crippen molar-refractivity contribution in [1.29, 1.82) is 0 Å². The van der Waals surface area contributed by atoms with Gasteiger partial charge in [0.2, 0.25) is 6.79 Å². The van der Waals surface area contributed by atoms with Crippen molar-refractivity contribution in [3.8, 4) is 34.3 Å². The molecular formula is C23H22N2O6. The highest BCUT2D eigenvalue weighted by Gasteiger charge is 2.34. The third-order valence-electron chi connectivity index (χ3n) is 5.78. The summed E-state index contributed by atoms with van der Waals surface area (Å²) in [5.74, 6) is 1.77. The first-order chi connectivity index (χ1) is 14.9. The van der Waals surface area contributed by atoms with Gasteiger partial charge in [0.05, 0.1) is 36.4 Å². The van der Waals surface area contributed by atoms with Crippen LogP contribution >= 0.6 is 0 Å². The van der Waals surface area contributed by atoms with E-state index in [-0.39, 0.29) is 18.1 Å². The number of hydrogen-bond donors (Lipinski definition) is 0. The van der Waals surface area contributed by atoms with Crippen molar-refractivity contribution in [2.75, 3.05) is 41.7 Å². The molecule has 0 N–H and O–H groups in total. The fraction of sp³-hybridized carbons (Fsp3) is 0.304. The number of pyridine rings is 1. The quantitative estimate of drug-likeness (QED) is 0.489. The zero-order valence-electron chi connectivity index (χ0n) is 17.8. The van der Waals surface area contributed by atoms with E-state index in [1.165, 1.54) is 14.2 Å². The predicted octanol–water partition coefficient (Wildman–Crippen LogP) is 2.52. The second-order valence-corrected chi connectivity index (χ2v) is 7.83. The summed E-state index contributed by atoms with van der Waals surface area (Å²) >= 11 is 0. The summed E-state index contributed by atoms with van der Waals surface area (Å²) in [5.41, 5.74) is 2.70. The van der Waals surface area contributed by atoms with Gasteiger partial charge >= 0.3 is 0 Å². The predicted molar refractivity (Wildman–Crippen MR) is 115 cm³/mol. The lowest BCUT2D eigenvalue weighted by molar-refractivity contribution is 0.0972. The van der Waals surface area contributed by atoms with Crippen molar-refractivity contribution in [2.45, 2.75) is 6.42 Å². The molecule has 0 saturated heterocycles. The van der Waals surface area contributed by atoms with Gasteiger partial charge in [-0.25, -0.2) is 0 Å². The summed E-state index contributed by atoms with van der Waals surface area (Å²) in [6.45, 7) is 0.774. The van der Waals surface area contributed by atoms with Crippen molar-refractivity contribution in [2.24, 2.45) is 0 Å². The van der Waals surface area contributed by atoms with Gasteiger partial charge < -0.3 is 23.8 Å². The Morgan fingerprint density at radius 1 is 0.968 bits per heavy atom. The second kappa shape index (κ2) is 7.02. The molecule has 1 aromatic heterocycles. The van der Waals surface area contributed by atoms with Crippen molar-refractivity contribution in [3.63, 3.8) is 0 Å². The van der Waals surface area contributed by atoms with Gasteiger partial charge in [-0.15, -0.1) is 0 Å². The molecule has 8 heteroatoms. The molecule has 2 aliphatic heterocycles. The molecule has 0 spiro atoms. The average molecular weight is 422 g/mol. The fourth-order valence-electron chi connectivity index (χ4n) is 4.26. The number of likely N-dealkylation sites (N-methyl/N-ethyl adjacent to an activating group) is 1. The van der Waals surface area contributed by atoms with E-state index in [2.05, 4.69) is 0 Å². The molecule has 0 saturated carbocycles. The van der Waals surface area contributed by atoms with Gasteiger partial charge in [0.25, 0.3) is 5.91 Å². The number of methoxy groups -OCH3 is 2. The standard InChI is InChI=1S/C23H22N2O6/c1-24(2)6-5-12-21-13-7-19-20(31-11-30-19)8-14(13)23(27)25(21)16-10-18(29-4)17(28-3)9-15(16)22(12)26/h7-10H,5-6,11H2,1-4H3. The molecule has 3 aromatic rings. The van der Waals surface area contributed by atoms with E-state index >= 15 is 0 Å². The van der Waals surface area contributed by atoms with Gasteiger partial charge in [0, 0.05) is 23.7 Å². The van der Waals surface area contributed by atoms with Crippen molar-refractivity contribution in [1.82, 2.24) is 9.47 Å². The molecule has 0 aliphatic carbocycles. The zero-order valence-corrected chi connectivity index (χ0v) is 17.8. The number of aromatic nitrogens is 1. The minimum atomic E-state index is -0.216. The third kappa shape index (κ3) is 2.79. The lowest BCUT2D eigenvalue weighted by Gasteiger charge is -2.17. The first-order valence-electron chi connectivity index (χ1n) is 9.91. The van der Waals surface area contributed by atoms with Crippen LogP contribution in [0.1, 0.15) is 15.9 Å². The van der Waals surface area contributed by atoms with Gasteiger partial charge in [-0.2, -0.15) is 0 Å². The molecule has 0 amide bonds. The molecule has 0 atom stereocenters. The molecular weight excluding hydrogens is 400 g/mol. The van der Waals surface area contributed by atoms with E-state index in [0.29, 0.717) is 69.3 Å². The summed E-state index contributed by atoms with van der Waals surface area (Å²) in [6, 6.07) is 6.81. The van der Waals surface area contributed by atoms with E-state index in [4.69, 9.17) is 18.9 Å². The Bertz CT molecular complexity index is 1310. The molecule has 0 unspecified atom stereocenters. The molecule has 0 fully saturated rings. The van der Waals surface area contributed by atoms with Crippen LogP contribution in [-0.2, 0) is 6.42 Å². The fourth-order valence-corrected chi connectivity index (χ4v) is 4.26. The molecule has 0 radical (unpaired) electrons. The van der Waals surface area contributed by atoms with Crippen LogP contribution in [0.15, 0.2) is 29.1 Å². The third-order valence-corrected chi connectivity index (χ3v) is 5.78. The number of ether oxygens (including phenoxy) is 4. The lowest BCUT2D eigenvalue weighted by atomic mass is 9.98. The molecule has 2 aromatic carbocycles. The number of rotatable bonds is 5. The molecule has 3 heterocycles. The number of hydrogen-bond acceptors (Lipinski definition) is 7. The normalized spacial score (nSPS) is 13.6. The highest BCUT2D eigenvalue weighted by atomic mass is 16.7. The summed E-state index contributed by atoms with van der Waals surface area (Å²) in [5, 5.41) is 0.413. The van der Waals surface area contributed by atoms with Gasteiger partial charge in [0.1, 0.15) is 0 Å². The maximum atomic E-state index is 13.6. The minimum absolute atomic E-state index is 0.113. The Labute approximate surface area is 178 Å². The second-order valence-electron chi connectivity index (χ2n) is 7.83. The van der Waals surface area contributed by atoms with Crippen LogP contribution in [0.25, 0.3) is 22.2 Å².